The zero-order valence-electron chi connectivity index (χ0n) is 19.2. The molecule has 0 spiro atoms. The number of nitrogens with one attached hydrogen (secondary N) is 1. The minimum Gasteiger partial charge on any atom is -0.343 e. The third kappa shape index (κ3) is 5.53. The molecule has 32 heavy (non-hydrogen) atoms. The first-order valence-corrected chi connectivity index (χ1v) is 11.8. The molecule has 0 aromatic carbocycles. The summed E-state index contributed by atoms with van der Waals surface area (Å²) in [4.78, 5) is 46.9. The van der Waals surface area contributed by atoms with Gasteiger partial charge >= 0.3 is 6.03 Å². The van der Waals surface area contributed by atoms with Crippen molar-refractivity contribution >= 4 is 29.4 Å². The van der Waals surface area contributed by atoms with Gasteiger partial charge in [0.25, 0.3) is 0 Å². The Labute approximate surface area is 195 Å². The molecule has 2 fully saturated rings. The van der Waals surface area contributed by atoms with E-state index in [1.54, 1.807) is 13.1 Å². The van der Waals surface area contributed by atoms with Gasteiger partial charge in [-0.15, -0.1) is 0 Å². The van der Waals surface area contributed by atoms with Crippen LogP contribution in [0, 0.1) is 11.8 Å². The number of carbonyl (C=O) groups is 3. The number of amides is 4. The molecule has 1 saturated heterocycles. The van der Waals surface area contributed by atoms with E-state index in [9.17, 15) is 14.4 Å². The molecular formula is C23H35ClN4O4. The van der Waals surface area contributed by atoms with Crippen LogP contribution in [0.5, 0.6) is 0 Å². The van der Waals surface area contributed by atoms with Crippen LogP contribution in [0.1, 0.15) is 58.8 Å². The van der Waals surface area contributed by atoms with Crippen molar-refractivity contribution in [3.63, 3.8) is 0 Å². The van der Waals surface area contributed by atoms with E-state index in [1.807, 2.05) is 19.9 Å². The normalized spacial score (nSPS) is 28.7. The number of allylic oxidation sites excluding steroid dienone is 2. The van der Waals surface area contributed by atoms with Crippen LogP contribution in [0.4, 0.5) is 4.79 Å². The highest BCUT2D eigenvalue weighted by Gasteiger charge is 2.40. The maximum atomic E-state index is 13.4. The minimum absolute atomic E-state index is 0.0518. The predicted octanol–water partition coefficient (Wildman–Crippen LogP) is 3.07. The lowest BCUT2D eigenvalue weighted by molar-refractivity contribution is -0.134. The molecule has 3 unspecified atom stereocenters. The number of nitrogens with two attached hydrogens (primary N) is 1. The van der Waals surface area contributed by atoms with Crippen LogP contribution in [0.25, 0.3) is 0 Å². The van der Waals surface area contributed by atoms with Crippen molar-refractivity contribution in [2.24, 2.45) is 17.7 Å². The van der Waals surface area contributed by atoms with Gasteiger partial charge in [0.2, 0.25) is 11.8 Å². The molecule has 4 amide bonds. The molecule has 3 aliphatic rings. The molecule has 1 heterocycles. The first-order valence-electron chi connectivity index (χ1n) is 11.4. The lowest BCUT2D eigenvalue weighted by Crippen LogP contribution is -2.51. The Balaban J connectivity index is 1.77. The van der Waals surface area contributed by atoms with Gasteiger partial charge in [0.1, 0.15) is 12.1 Å². The first-order chi connectivity index (χ1) is 15.1. The molecule has 0 aromatic rings. The third-order valence-corrected chi connectivity index (χ3v) is 7.45. The van der Waals surface area contributed by atoms with Crippen LogP contribution in [0.2, 0.25) is 0 Å². The van der Waals surface area contributed by atoms with E-state index in [2.05, 4.69) is 5.32 Å². The van der Waals surface area contributed by atoms with E-state index in [1.165, 1.54) is 11.3 Å². The van der Waals surface area contributed by atoms with Crippen molar-refractivity contribution in [2.45, 2.75) is 70.4 Å². The fourth-order valence-corrected chi connectivity index (χ4v) is 5.09. The van der Waals surface area contributed by atoms with Gasteiger partial charge in [-0.25, -0.2) is 10.7 Å². The summed E-state index contributed by atoms with van der Waals surface area (Å²) in [6.07, 6.45) is 10.0. The monoisotopic (exact) mass is 466 g/mol. The van der Waals surface area contributed by atoms with Crippen LogP contribution in [-0.4, -0.2) is 59.4 Å². The molecule has 0 aromatic heterocycles. The Morgan fingerprint density at radius 3 is 2.69 bits per heavy atom. The second-order valence-corrected chi connectivity index (χ2v) is 9.98. The zero-order chi connectivity index (χ0) is 23.5. The summed E-state index contributed by atoms with van der Waals surface area (Å²) in [5, 5.41) is 3.53. The van der Waals surface area contributed by atoms with Crippen molar-refractivity contribution in [3.8, 4) is 0 Å². The molecule has 1 aliphatic heterocycles. The quantitative estimate of drug-likeness (QED) is 0.606. The van der Waals surface area contributed by atoms with Gasteiger partial charge in [0, 0.05) is 31.1 Å². The van der Waals surface area contributed by atoms with Crippen molar-refractivity contribution in [3.05, 3.63) is 22.8 Å². The van der Waals surface area contributed by atoms with Gasteiger partial charge < -0.3 is 10.2 Å². The molecule has 3 N–H and O–H groups in total. The van der Waals surface area contributed by atoms with Gasteiger partial charge in [-0.3, -0.25) is 19.3 Å². The van der Waals surface area contributed by atoms with Gasteiger partial charge in [0.05, 0.1) is 5.92 Å². The Morgan fingerprint density at radius 2 is 2.03 bits per heavy atom. The Morgan fingerprint density at radius 1 is 1.34 bits per heavy atom. The predicted molar refractivity (Wildman–Crippen MR) is 122 cm³/mol. The van der Waals surface area contributed by atoms with Crippen LogP contribution in [-0.2, 0) is 14.4 Å². The Bertz CT molecular complexity index is 808. The van der Waals surface area contributed by atoms with Crippen molar-refractivity contribution in [1.82, 2.24) is 15.1 Å². The summed E-state index contributed by atoms with van der Waals surface area (Å²) < 4.78 is 0. The highest BCUT2D eigenvalue weighted by atomic mass is 35.5. The lowest BCUT2D eigenvalue weighted by Gasteiger charge is -2.34. The number of carbonyl (C=O) groups excluding carboxylic acids is 3. The number of nitrogens with zero attached hydrogens (tertiary/aromatic N) is 2. The molecule has 9 heteroatoms. The topological polar surface area (TPSA) is 105 Å². The molecule has 2 aliphatic carbocycles. The lowest BCUT2D eigenvalue weighted by atomic mass is 9.82. The summed E-state index contributed by atoms with van der Waals surface area (Å²) in [6.45, 7) is 3.76. The Kier molecular flexibility index (Phi) is 8.01. The summed E-state index contributed by atoms with van der Waals surface area (Å²) in [7, 11) is 1.65. The van der Waals surface area contributed by atoms with Crippen LogP contribution in [0.15, 0.2) is 22.8 Å². The average Bonchev–Trinajstić information content (AvgIpc) is 2.88. The second kappa shape index (κ2) is 10.4. The summed E-state index contributed by atoms with van der Waals surface area (Å²) in [5.41, 5.74) is -0.0274. The highest BCUT2D eigenvalue weighted by molar-refractivity contribution is 6.31. The number of hydrogen-bond acceptors (Lipinski definition) is 5. The summed E-state index contributed by atoms with van der Waals surface area (Å²) in [6, 6.07) is -0.556. The standard InChI is InChI=1S/C23H35ClN4O4/c1-15(16-7-5-4-6-8-16)26-22(31)28-14-20(29)27(3)13-17(21(28)30)11-18-12-19(24)9-10-23(18,2)32-25/h9,12,15-17H,4-8,10-11,13-14,25H2,1-3H3,(H,26,31). The van der Waals surface area contributed by atoms with Crippen LogP contribution < -0.4 is 11.2 Å². The number of urea groups is 1. The summed E-state index contributed by atoms with van der Waals surface area (Å²) >= 11 is 6.21. The first kappa shape index (κ1) is 24.7. The largest absolute Gasteiger partial charge is 0.343 e. The summed E-state index contributed by atoms with van der Waals surface area (Å²) in [5.74, 6) is 4.71. The van der Waals surface area contributed by atoms with E-state index < -0.39 is 17.6 Å². The van der Waals surface area contributed by atoms with Crippen molar-refractivity contribution in [1.29, 1.82) is 0 Å². The molecule has 8 nitrogen and oxygen atoms in total. The van der Waals surface area contributed by atoms with E-state index in [4.69, 9.17) is 22.3 Å². The maximum absolute atomic E-state index is 13.4. The average molecular weight is 467 g/mol. The number of imide groups is 1. The van der Waals surface area contributed by atoms with Gasteiger partial charge in [-0.2, -0.15) is 0 Å². The third-order valence-electron chi connectivity index (χ3n) is 7.19. The molecule has 3 atom stereocenters. The molecular weight excluding hydrogens is 432 g/mol. The van der Waals surface area contributed by atoms with Gasteiger partial charge in [0.15, 0.2) is 0 Å². The van der Waals surface area contributed by atoms with E-state index in [0.717, 1.165) is 36.2 Å². The highest BCUT2D eigenvalue weighted by Crippen LogP contribution is 2.36. The van der Waals surface area contributed by atoms with E-state index in [0.29, 0.717) is 17.4 Å². The molecule has 0 bridgehead atoms. The smallest absolute Gasteiger partial charge is 0.324 e. The minimum atomic E-state index is -0.795. The maximum Gasteiger partial charge on any atom is 0.324 e. The zero-order valence-corrected chi connectivity index (χ0v) is 20.0. The number of rotatable bonds is 5. The van der Waals surface area contributed by atoms with Crippen molar-refractivity contribution in [2.75, 3.05) is 20.1 Å². The van der Waals surface area contributed by atoms with E-state index >= 15 is 0 Å². The molecule has 1 saturated carbocycles. The molecule has 178 valence electrons. The fraction of sp³-hybridized carbons (Fsp3) is 0.696. The molecule has 3 rings (SSSR count). The Hall–Kier alpha value is -1.90. The van der Waals surface area contributed by atoms with E-state index in [-0.39, 0.29) is 37.4 Å². The second-order valence-electron chi connectivity index (χ2n) is 9.55. The SMILES string of the molecule is CC(NC(=O)N1CC(=O)N(C)CC(CC2=CC(Cl)=CCC2(C)ON)C1=O)C1CCCCC1. The number of halogens is 1. The number of likely N-dealkylation sites (N-methyl/N-ethyl adjacent to an activating group) is 1. The number of hydrogen-bond donors (Lipinski definition) is 2. The fourth-order valence-electron chi connectivity index (χ4n) is 4.88. The van der Waals surface area contributed by atoms with Crippen molar-refractivity contribution < 1.29 is 19.2 Å². The van der Waals surface area contributed by atoms with Gasteiger partial charge in [-0.1, -0.05) is 36.9 Å². The van der Waals surface area contributed by atoms with Gasteiger partial charge in [-0.05, 0) is 50.7 Å². The van der Waals surface area contributed by atoms with Crippen LogP contribution >= 0.6 is 11.6 Å². The van der Waals surface area contributed by atoms with Crippen LogP contribution in [0.3, 0.4) is 0 Å². The molecule has 0 radical (unpaired) electrons.